The third kappa shape index (κ3) is 3.28. The van der Waals surface area contributed by atoms with Gasteiger partial charge in [-0.2, -0.15) is 0 Å². The number of anilines is 1. The lowest BCUT2D eigenvalue weighted by Crippen LogP contribution is -2.36. The fourth-order valence-electron chi connectivity index (χ4n) is 2.63. The van der Waals surface area contributed by atoms with Crippen LogP contribution >= 0.6 is 31.9 Å². The third-order valence-corrected chi connectivity index (χ3v) is 4.86. The summed E-state index contributed by atoms with van der Waals surface area (Å²) in [7, 11) is 4.43. The van der Waals surface area contributed by atoms with E-state index in [2.05, 4.69) is 74.0 Å². The highest BCUT2D eigenvalue weighted by Crippen LogP contribution is 2.27. The number of rotatable bonds is 4. The SMILES string of the molecule is CN(CC1CCCN1C)c1cc(Br)ccc1CBr. The van der Waals surface area contributed by atoms with Crippen LogP contribution in [0.2, 0.25) is 0 Å². The second kappa shape index (κ2) is 6.40. The van der Waals surface area contributed by atoms with Crippen LogP contribution in [0, 0.1) is 0 Å². The zero-order chi connectivity index (χ0) is 13.1. The molecule has 0 radical (unpaired) electrons. The van der Waals surface area contributed by atoms with E-state index in [-0.39, 0.29) is 0 Å². The Morgan fingerprint density at radius 1 is 1.44 bits per heavy atom. The summed E-state index contributed by atoms with van der Waals surface area (Å²) >= 11 is 7.14. The summed E-state index contributed by atoms with van der Waals surface area (Å²) in [4.78, 5) is 4.86. The molecule has 1 aromatic rings. The molecule has 2 nitrogen and oxygen atoms in total. The van der Waals surface area contributed by atoms with E-state index in [1.807, 2.05) is 0 Å². The van der Waals surface area contributed by atoms with Crippen LogP contribution in [0.25, 0.3) is 0 Å². The van der Waals surface area contributed by atoms with Crippen molar-refractivity contribution in [2.75, 3.05) is 32.1 Å². The van der Waals surface area contributed by atoms with Crippen LogP contribution in [0.4, 0.5) is 5.69 Å². The predicted octanol–water partition coefficient (Wildman–Crippen LogP) is 3.87. The Labute approximate surface area is 127 Å². The molecule has 1 atom stereocenters. The lowest BCUT2D eigenvalue weighted by atomic mass is 10.1. The van der Waals surface area contributed by atoms with E-state index in [4.69, 9.17) is 0 Å². The van der Waals surface area contributed by atoms with Crippen LogP contribution in [0.15, 0.2) is 22.7 Å². The standard InChI is InChI=1S/C14H20Br2N2/c1-17-7-3-4-13(17)10-18(2)14-8-12(16)6-5-11(14)9-15/h5-6,8,13H,3-4,7,9-10H2,1-2H3. The minimum absolute atomic E-state index is 0.692. The molecule has 1 aromatic carbocycles. The first kappa shape index (κ1) is 14.4. The Kier molecular flexibility index (Phi) is 5.10. The molecule has 1 fully saturated rings. The Bertz CT molecular complexity index is 409. The average Bonchev–Trinajstić information content (AvgIpc) is 2.75. The van der Waals surface area contributed by atoms with Gasteiger partial charge in [0.25, 0.3) is 0 Å². The molecule has 1 saturated heterocycles. The molecule has 0 aliphatic carbocycles. The lowest BCUT2D eigenvalue weighted by Gasteiger charge is -2.28. The van der Waals surface area contributed by atoms with Gasteiger partial charge in [0, 0.05) is 35.1 Å². The highest BCUT2D eigenvalue weighted by Gasteiger charge is 2.22. The molecule has 18 heavy (non-hydrogen) atoms. The molecular formula is C14H20Br2N2. The van der Waals surface area contributed by atoms with Crippen molar-refractivity contribution in [1.82, 2.24) is 4.90 Å². The zero-order valence-electron chi connectivity index (χ0n) is 11.0. The van der Waals surface area contributed by atoms with Gasteiger partial charge in [-0.15, -0.1) is 0 Å². The van der Waals surface area contributed by atoms with E-state index in [0.29, 0.717) is 6.04 Å². The first-order valence-electron chi connectivity index (χ1n) is 6.37. The maximum atomic E-state index is 3.57. The largest absolute Gasteiger partial charge is 0.373 e. The van der Waals surface area contributed by atoms with Crippen LogP contribution < -0.4 is 4.90 Å². The second-order valence-electron chi connectivity index (χ2n) is 5.06. The molecule has 0 saturated carbocycles. The summed E-state index contributed by atoms with van der Waals surface area (Å²) in [5.74, 6) is 0. The van der Waals surface area contributed by atoms with Crippen molar-refractivity contribution in [2.45, 2.75) is 24.2 Å². The fraction of sp³-hybridized carbons (Fsp3) is 0.571. The van der Waals surface area contributed by atoms with Gasteiger partial charge in [-0.05, 0) is 44.1 Å². The van der Waals surface area contributed by atoms with Crippen molar-refractivity contribution in [3.8, 4) is 0 Å². The molecule has 1 unspecified atom stereocenters. The molecule has 0 N–H and O–H groups in total. The molecule has 2 rings (SSSR count). The number of halogens is 2. The van der Waals surface area contributed by atoms with E-state index in [9.17, 15) is 0 Å². The molecule has 0 aromatic heterocycles. The van der Waals surface area contributed by atoms with E-state index < -0.39 is 0 Å². The Balaban J connectivity index is 2.12. The Morgan fingerprint density at radius 2 is 2.22 bits per heavy atom. The molecule has 100 valence electrons. The first-order chi connectivity index (χ1) is 8.61. The second-order valence-corrected chi connectivity index (χ2v) is 6.54. The van der Waals surface area contributed by atoms with Crippen molar-refractivity contribution in [3.63, 3.8) is 0 Å². The minimum atomic E-state index is 0.692. The molecule has 0 bridgehead atoms. The van der Waals surface area contributed by atoms with Gasteiger partial charge in [0.05, 0.1) is 0 Å². The van der Waals surface area contributed by atoms with Crippen LogP contribution in [-0.2, 0) is 5.33 Å². The quantitative estimate of drug-likeness (QED) is 0.737. The van der Waals surface area contributed by atoms with E-state index in [1.54, 1.807) is 0 Å². The summed E-state index contributed by atoms with van der Waals surface area (Å²) in [5.41, 5.74) is 2.67. The molecule has 0 spiro atoms. The molecule has 1 heterocycles. The summed E-state index contributed by atoms with van der Waals surface area (Å²) in [6.45, 7) is 2.34. The van der Waals surface area contributed by atoms with Crippen LogP contribution in [0.5, 0.6) is 0 Å². The van der Waals surface area contributed by atoms with E-state index in [0.717, 1.165) is 16.3 Å². The van der Waals surface area contributed by atoms with Gasteiger partial charge in [-0.25, -0.2) is 0 Å². The molecule has 1 aliphatic rings. The van der Waals surface area contributed by atoms with Crippen LogP contribution in [0.1, 0.15) is 18.4 Å². The Hall–Kier alpha value is -0.0600. The molecule has 0 amide bonds. The van der Waals surface area contributed by atoms with Crippen molar-refractivity contribution < 1.29 is 0 Å². The minimum Gasteiger partial charge on any atom is -0.373 e. The topological polar surface area (TPSA) is 6.48 Å². The average molecular weight is 376 g/mol. The third-order valence-electron chi connectivity index (χ3n) is 3.76. The summed E-state index contributed by atoms with van der Waals surface area (Å²) in [5, 5.41) is 0.903. The number of likely N-dealkylation sites (tertiary alicyclic amines) is 1. The predicted molar refractivity (Wildman–Crippen MR) is 85.7 cm³/mol. The molecule has 4 heteroatoms. The van der Waals surface area contributed by atoms with Gasteiger partial charge in [-0.1, -0.05) is 37.9 Å². The van der Waals surface area contributed by atoms with Gasteiger partial charge in [0.2, 0.25) is 0 Å². The van der Waals surface area contributed by atoms with Gasteiger partial charge in [0.1, 0.15) is 0 Å². The maximum Gasteiger partial charge on any atom is 0.0416 e. The van der Waals surface area contributed by atoms with Gasteiger partial charge >= 0.3 is 0 Å². The van der Waals surface area contributed by atoms with Crippen LogP contribution in [0.3, 0.4) is 0 Å². The normalized spacial score (nSPS) is 20.3. The van der Waals surface area contributed by atoms with E-state index in [1.165, 1.54) is 30.6 Å². The van der Waals surface area contributed by atoms with Crippen molar-refractivity contribution in [3.05, 3.63) is 28.2 Å². The zero-order valence-corrected chi connectivity index (χ0v) is 14.2. The monoisotopic (exact) mass is 374 g/mol. The highest BCUT2D eigenvalue weighted by atomic mass is 79.9. The smallest absolute Gasteiger partial charge is 0.0416 e. The number of benzene rings is 1. The maximum absolute atomic E-state index is 3.57. The lowest BCUT2D eigenvalue weighted by molar-refractivity contribution is 0.314. The number of hydrogen-bond donors (Lipinski definition) is 0. The van der Waals surface area contributed by atoms with Gasteiger partial charge in [0.15, 0.2) is 0 Å². The molecular weight excluding hydrogens is 356 g/mol. The van der Waals surface area contributed by atoms with Crippen molar-refractivity contribution in [2.24, 2.45) is 0 Å². The summed E-state index contributed by atoms with van der Waals surface area (Å²) in [6, 6.07) is 7.20. The summed E-state index contributed by atoms with van der Waals surface area (Å²) in [6.07, 6.45) is 2.65. The summed E-state index contributed by atoms with van der Waals surface area (Å²) < 4.78 is 1.15. The highest BCUT2D eigenvalue weighted by molar-refractivity contribution is 9.10. The van der Waals surface area contributed by atoms with Crippen molar-refractivity contribution >= 4 is 37.5 Å². The first-order valence-corrected chi connectivity index (χ1v) is 8.29. The number of alkyl halides is 1. The van der Waals surface area contributed by atoms with Crippen LogP contribution in [-0.4, -0.2) is 38.1 Å². The number of nitrogens with zero attached hydrogens (tertiary/aromatic N) is 2. The fourth-order valence-corrected chi connectivity index (χ4v) is 3.45. The van der Waals surface area contributed by atoms with Gasteiger partial charge < -0.3 is 9.80 Å². The molecule has 1 aliphatic heterocycles. The number of likely N-dealkylation sites (N-methyl/N-ethyl adjacent to an activating group) is 2. The van der Waals surface area contributed by atoms with Crippen molar-refractivity contribution in [1.29, 1.82) is 0 Å². The Morgan fingerprint density at radius 3 is 2.83 bits per heavy atom. The number of hydrogen-bond acceptors (Lipinski definition) is 2. The van der Waals surface area contributed by atoms with E-state index >= 15 is 0 Å². The van der Waals surface area contributed by atoms with Gasteiger partial charge in [-0.3, -0.25) is 0 Å².